The fourth-order valence-electron chi connectivity index (χ4n) is 3.53. The van der Waals surface area contributed by atoms with Gasteiger partial charge in [-0.25, -0.2) is 0 Å². The Morgan fingerprint density at radius 1 is 0.943 bits per heavy atom. The van der Waals surface area contributed by atoms with E-state index in [1.54, 1.807) is 13.2 Å². The van der Waals surface area contributed by atoms with Crippen molar-refractivity contribution in [3.05, 3.63) is 101 Å². The Hall–Kier alpha value is -3.88. The van der Waals surface area contributed by atoms with Crippen LogP contribution in [0, 0.1) is 0 Å². The first-order valence-corrected chi connectivity index (χ1v) is 12.1. The third kappa shape index (κ3) is 5.62. The Labute approximate surface area is 211 Å². The molecule has 3 aromatic carbocycles. The first-order chi connectivity index (χ1) is 17.2. The van der Waals surface area contributed by atoms with Gasteiger partial charge in [0.15, 0.2) is 5.82 Å². The highest BCUT2D eigenvalue weighted by molar-refractivity contribution is 7.18. The van der Waals surface area contributed by atoms with Crippen LogP contribution in [0.2, 0.25) is 5.02 Å². The highest BCUT2D eigenvalue weighted by Gasteiger charge is 2.13. The quantitative estimate of drug-likeness (QED) is 0.249. The number of ether oxygens (including phenoxy) is 2. The van der Waals surface area contributed by atoms with Gasteiger partial charge in [0.05, 0.1) is 18.7 Å². The summed E-state index contributed by atoms with van der Waals surface area (Å²) in [7, 11) is 1.64. The second-order valence-corrected chi connectivity index (χ2v) is 9.05. The van der Waals surface area contributed by atoms with Crippen LogP contribution in [0.1, 0.15) is 11.1 Å². The van der Waals surface area contributed by atoms with Crippen molar-refractivity contribution >= 4 is 33.9 Å². The first-order valence-electron chi connectivity index (χ1n) is 10.9. The number of aromatic nitrogens is 4. The van der Waals surface area contributed by atoms with Crippen LogP contribution in [-0.2, 0) is 13.2 Å². The van der Waals surface area contributed by atoms with Crippen molar-refractivity contribution in [1.82, 2.24) is 20.0 Å². The van der Waals surface area contributed by atoms with Gasteiger partial charge in [-0.3, -0.25) is 4.68 Å². The second-order valence-electron chi connectivity index (χ2n) is 7.67. The van der Waals surface area contributed by atoms with Gasteiger partial charge in [0.2, 0.25) is 5.13 Å². The molecule has 5 aromatic rings. The number of benzene rings is 3. The molecule has 0 aliphatic rings. The van der Waals surface area contributed by atoms with Crippen molar-refractivity contribution in [2.75, 3.05) is 12.4 Å². The zero-order chi connectivity index (χ0) is 24.0. The summed E-state index contributed by atoms with van der Waals surface area (Å²) in [5.74, 6) is 2.07. The van der Waals surface area contributed by atoms with E-state index in [0.29, 0.717) is 34.9 Å². The standard InChI is InChI=1S/C26H22ClN5O2S/c1-33-22-12-11-19(15-20(22)17-34-23-10-6-5-9-21(23)27)25-29-30-26(35-25)28-24-13-14-32(31-24)16-18-7-3-2-4-8-18/h2-15H,16-17H2,1H3,(H,28,30,31). The molecule has 1 N–H and O–H groups in total. The van der Waals surface area contributed by atoms with E-state index in [0.717, 1.165) is 21.9 Å². The number of hydrogen-bond acceptors (Lipinski definition) is 7. The van der Waals surface area contributed by atoms with Gasteiger partial charge in [0.25, 0.3) is 0 Å². The minimum Gasteiger partial charge on any atom is -0.496 e. The Kier molecular flexibility index (Phi) is 6.92. The molecule has 0 bridgehead atoms. The van der Waals surface area contributed by atoms with Gasteiger partial charge in [-0.15, -0.1) is 10.2 Å². The Balaban J connectivity index is 1.28. The van der Waals surface area contributed by atoms with Crippen LogP contribution in [0.15, 0.2) is 85.1 Å². The summed E-state index contributed by atoms with van der Waals surface area (Å²) in [6, 6.07) is 25.4. The van der Waals surface area contributed by atoms with E-state index in [2.05, 4.69) is 32.7 Å². The Morgan fingerprint density at radius 3 is 2.60 bits per heavy atom. The number of rotatable bonds is 9. The normalized spacial score (nSPS) is 10.8. The molecule has 176 valence electrons. The second kappa shape index (κ2) is 10.6. The third-order valence-electron chi connectivity index (χ3n) is 5.24. The average molecular weight is 504 g/mol. The molecule has 2 heterocycles. The number of para-hydroxylation sites is 1. The van der Waals surface area contributed by atoms with Crippen molar-refractivity contribution in [3.63, 3.8) is 0 Å². The van der Waals surface area contributed by atoms with Crippen molar-refractivity contribution in [1.29, 1.82) is 0 Å². The fraction of sp³-hybridized carbons (Fsp3) is 0.115. The number of hydrogen-bond donors (Lipinski definition) is 1. The molecule has 0 aliphatic carbocycles. The summed E-state index contributed by atoms with van der Waals surface area (Å²) in [6.45, 7) is 1.01. The lowest BCUT2D eigenvalue weighted by Crippen LogP contribution is -2.01. The first kappa shape index (κ1) is 22.9. The van der Waals surface area contributed by atoms with Gasteiger partial charge in [0.1, 0.15) is 23.1 Å². The van der Waals surface area contributed by atoms with E-state index in [1.807, 2.05) is 71.5 Å². The lowest BCUT2D eigenvalue weighted by molar-refractivity contribution is 0.297. The van der Waals surface area contributed by atoms with E-state index in [9.17, 15) is 0 Å². The van der Waals surface area contributed by atoms with Crippen molar-refractivity contribution in [2.24, 2.45) is 0 Å². The summed E-state index contributed by atoms with van der Waals surface area (Å²) in [5, 5.41) is 18.5. The predicted octanol–water partition coefficient (Wildman–Crippen LogP) is 6.43. The van der Waals surface area contributed by atoms with Crippen LogP contribution >= 0.6 is 22.9 Å². The molecule has 0 radical (unpaired) electrons. The van der Waals surface area contributed by atoms with Crippen LogP contribution in [0.3, 0.4) is 0 Å². The molecule has 7 nitrogen and oxygen atoms in total. The molecule has 9 heteroatoms. The smallest absolute Gasteiger partial charge is 0.211 e. The maximum absolute atomic E-state index is 6.22. The lowest BCUT2D eigenvalue weighted by atomic mass is 10.1. The van der Waals surface area contributed by atoms with Crippen LogP contribution in [0.4, 0.5) is 10.9 Å². The molecule has 0 saturated heterocycles. The highest BCUT2D eigenvalue weighted by Crippen LogP contribution is 2.32. The molecule has 35 heavy (non-hydrogen) atoms. The van der Waals surface area contributed by atoms with E-state index in [-0.39, 0.29) is 0 Å². The Bertz CT molecular complexity index is 1420. The molecule has 0 amide bonds. The van der Waals surface area contributed by atoms with E-state index in [1.165, 1.54) is 16.9 Å². The van der Waals surface area contributed by atoms with Gasteiger partial charge in [0, 0.05) is 23.4 Å². The summed E-state index contributed by atoms with van der Waals surface area (Å²) in [6.07, 6.45) is 1.94. The zero-order valence-corrected chi connectivity index (χ0v) is 20.5. The molecular weight excluding hydrogens is 482 g/mol. The molecule has 2 aromatic heterocycles. The molecule has 0 unspecified atom stereocenters. The van der Waals surface area contributed by atoms with E-state index < -0.39 is 0 Å². The average Bonchev–Trinajstić information content (AvgIpc) is 3.54. The minimum atomic E-state index is 0.309. The molecule has 0 saturated carbocycles. The van der Waals surface area contributed by atoms with Gasteiger partial charge >= 0.3 is 0 Å². The van der Waals surface area contributed by atoms with Crippen molar-refractivity contribution in [2.45, 2.75) is 13.2 Å². The lowest BCUT2D eigenvalue weighted by Gasteiger charge is -2.12. The number of halogens is 1. The van der Waals surface area contributed by atoms with Gasteiger partial charge < -0.3 is 14.8 Å². The monoisotopic (exact) mass is 503 g/mol. The number of nitrogens with zero attached hydrogens (tertiary/aromatic N) is 4. The maximum Gasteiger partial charge on any atom is 0.211 e. The summed E-state index contributed by atoms with van der Waals surface area (Å²) in [5.41, 5.74) is 2.99. The topological polar surface area (TPSA) is 74.1 Å². The highest BCUT2D eigenvalue weighted by atomic mass is 35.5. The van der Waals surface area contributed by atoms with Gasteiger partial charge in [-0.2, -0.15) is 5.10 Å². The van der Waals surface area contributed by atoms with Gasteiger partial charge in [-0.05, 0) is 35.9 Å². The molecular formula is C26H22ClN5O2S. The summed E-state index contributed by atoms with van der Waals surface area (Å²) >= 11 is 7.66. The number of nitrogens with one attached hydrogen (secondary N) is 1. The van der Waals surface area contributed by atoms with Crippen molar-refractivity contribution in [3.8, 4) is 22.1 Å². The predicted molar refractivity (Wildman–Crippen MR) is 139 cm³/mol. The van der Waals surface area contributed by atoms with Gasteiger partial charge in [-0.1, -0.05) is 65.4 Å². The van der Waals surface area contributed by atoms with Crippen LogP contribution in [-0.4, -0.2) is 27.1 Å². The summed E-state index contributed by atoms with van der Waals surface area (Å²) in [4.78, 5) is 0. The summed E-state index contributed by atoms with van der Waals surface area (Å²) < 4.78 is 13.3. The number of anilines is 2. The molecule has 0 atom stereocenters. The SMILES string of the molecule is COc1ccc(-c2nnc(Nc3ccn(Cc4ccccc4)n3)s2)cc1COc1ccccc1Cl. The van der Waals surface area contributed by atoms with Crippen LogP contribution in [0.5, 0.6) is 11.5 Å². The number of methoxy groups -OCH3 is 1. The largest absolute Gasteiger partial charge is 0.496 e. The van der Waals surface area contributed by atoms with Crippen LogP contribution < -0.4 is 14.8 Å². The van der Waals surface area contributed by atoms with Crippen LogP contribution in [0.25, 0.3) is 10.6 Å². The molecule has 0 fully saturated rings. The van der Waals surface area contributed by atoms with E-state index in [4.69, 9.17) is 21.1 Å². The van der Waals surface area contributed by atoms with E-state index >= 15 is 0 Å². The van der Waals surface area contributed by atoms with Crippen molar-refractivity contribution < 1.29 is 9.47 Å². The molecule has 0 spiro atoms. The third-order valence-corrected chi connectivity index (χ3v) is 6.44. The fourth-order valence-corrected chi connectivity index (χ4v) is 4.47. The zero-order valence-electron chi connectivity index (χ0n) is 18.9. The maximum atomic E-state index is 6.22. The molecule has 5 rings (SSSR count). The Morgan fingerprint density at radius 2 is 1.77 bits per heavy atom. The minimum absolute atomic E-state index is 0.309. The molecule has 0 aliphatic heterocycles.